The summed E-state index contributed by atoms with van der Waals surface area (Å²) in [6, 6.07) is 27.9. The lowest BCUT2D eigenvalue weighted by Gasteiger charge is -2.10. The van der Waals surface area contributed by atoms with Gasteiger partial charge < -0.3 is 0 Å². The lowest BCUT2D eigenvalue weighted by Crippen LogP contribution is -2.15. The summed E-state index contributed by atoms with van der Waals surface area (Å²) < 4.78 is 2.28. The van der Waals surface area contributed by atoms with Crippen molar-refractivity contribution in [1.29, 1.82) is 0 Å². The summed E-state index contributed by atoms with van der Waals surface area (Å²) in [5, 5.41) is 2.21. The standard InChI is InChI=1S/C25H24N2S/c1-19-8-12-22(13-9-19)24-18-28-25(26-17-16-21-6-4-3-5-7-21)27(24)23-14-10-20(2)11-15-23/h3-15,18H,16-17H2,1-2H3. The number of nitrogens with zero attached hydrogens (tertiary/aromatic N) is 2. The highest BCUT2D eigenvalue weighted by atomic mass is 32.1. The van der Waals surface area contributed by atoms with Gasteiger partial charge in [0.2, 0.25) is 0 Å². The summed E-state index contributed by atoms with van der Waals surface area (Å²) in [4.78, 5) is 5.98. The van der Waals surface area contributed by atoms with Gasteiger partial charge >= 0.3 is 0 Å². The summed E-state index contributed by atoms with van der Waals surface area (Å²) >= 11 is 1.71. The summed E-state index contributed by atoms with van der Waals surface area (Å²) in [5.41, 5.74) is 7.41. The van der Waals surface area contributed by atoms with Gasteiger partial charge in [-0.15, -0.1) is 11.3 Å². The fraction of sp³-hybridized carbons (Fsp3) is 0.160. The van der Waals surface area contributed by atoms with E-state index in [4.69, 9.17) is 4.99 Å². The SMILES string of the molecule is Cc1ccc(-c2csc(=NCCc3ccccc3)n2-c2ccc(C)cc2)cc1. The minimum Gasteiger partial charge on any atom is -0.285 e. The molecule has 0 spiro atoms. The van der Waals surface area contributed by atoms with Gasteiger partial charge in [-0.3, -0.25) is 9.56 Å². The first kappa shape index (κ1) is 18.5. The Kier molecular flexibility index (Phi) is 5.54. The molecule has 3 aromatic carbocycles. The fourth-order valence-corrected chi connectivity index (χ4v) is 4.15. The van der Waals surface area contributed by atoms with E-state index in [2.05, 4.69) is 103 Å². The number of thiazole rings is 1. The van der Waals surface area contributed by atoms with Crippen LogP contribution in [0.2, 0.25) is 0 Å². The largest absolute Gasteiger partial charge is 0.285 e. The molecule has 4 rings (SSSR count). The molecule has 0 unspecified atom stereocenters. The van der Waals surface area contributed by atoms with Crippen molar-refractivity contribution >= 4 is 11.3 Å². The van der Waals surface area contributed by atoms with Gasteiger partial charge in [0.15, 0.2) is 4.80 Å². The Morgan fingerprint density at radius 2 is 1.43 bits per heavy atom. The van der Waals surface area contributed by atoms with E-state index < -0.39 is 0 Å². The maximum absolute atomic E-state index is 4.95. The third-order valence-electron chi connectivity index (χ3n) is 4.84. The minimum absolute atomic E-state index is 0.781. The predicted octanol–water partition coefficient (Wildman–Crippen LogP) is 5.97. The van der Waals surface area contributed by atoms with Gasteiger partial charge in [0.1, 0.15) is 0 Å². The van der Waals surface area contributed by atoms with Crippen LogP contribution in [-0.4, -0.2) is 11.1 Å². The molecule has 28 heavy (non-hydrogen) atoms. The molecule has 4 aromatic rings. The Balaban J connectivity index is 1.74. The quantitative estimate of drug-likeness (QED) is 0.404. The molecule has 140 valence electrons. The molecule has 0 aliphatic heterocycles. The molecular formula is C25H24N2S. The van der Waals surface area contributed by atoms with Crippen LogP contribution in [0.15, 0.2) is 89.2 Å². The molecular weight excluding hydrogens is 360 g/mol. The highest BCUT2D eigenvalue weighted by molar-refractivity contribution is 7.07. The molecule has 0 radical (unpaired) electrons. The molecule has 0 fully saturated rings. The van der Waals surface area contributed by atoms with E-state index in [1.54, 1.807) is 11.3 Å². The van der Waals surface area contributed by atoms with Crippen molar-refractivity contribution in [2.24, 2.45) is 4.99 Å². The van der Waals surface area contributed by atoms with E-state index in [9.17, 15) is 0 Å². The predicted molar refractivity (Wildman–Crippen MR) is 119 cm³/mol. The second-order valence-corrected chi connectivity index (χ2v) is 7.89. The fourth-order valence-electron chi connectivity index (χ4n) is 3.22. The van der Waals surface area contributed by atoms with E-state index in [0.717, 1.165) is 23.5 Å². The monoisotopic (exact) mass is 384 g/mol. The minimum atomic E-state index is 0.781. The van der Waals surface area contributed by atoms with Crippen molar-refractivity contribution in [3.63, 3.8) is 0 Å². The van der Waals surface area contributed by atoms with Crippen LogP contribution in [0, 0.1) is 13.8 Å². The molecule has 1 heterocycles. The van der Waals surface area contributed by atoms with Crippen molar-refractivity contribution in [2.45, 2.75) is 20.3 Å². The molecule has 0 aliphatic rings. The average Bonchev–Trinajstić information content (AvgIpc) is 3.14. The summed E-state index contributed by atoms with van der Waals surface area (Å²) in [7, 11) is 0. The first-order chi connectivity index (χ1) is 13.7. The molecule has 0 saturated carbocycles. The van der Waals surface area contributed by atoms with Crippen LogP contribution in [0.3, 0.4) is 0 Å². The van der Waals surface area contributed by atoms with Crippen LogP contribution in [0.4, 0.5) is 0 Å². The maximum atomic E-state index is 4.95. The molecule has 0 N–H and O–H groups in total. The summed E-state index contributed by atoms with van der Waals surface area (Å²) in [6.45, 7) is 5.02. The molecule has 0 atom stereocenters. The van der Waals surface area contributed by atoms with E-state index in [-0.39, 0.29) is 0 Å². The van der Waals surface area contributed by atoms with E-state index in [1.165, 1.54) is 27.9 Å². The smallest absolute Gasteiger partial charge is 0.189 e. The molecule has 3 heteroatoms. The Labute approximate surface area is 170 Å². The maximum Gasteiger partial charge on any atom is 0.189 e. The summed E-state index contributed by atoms with van der Waals surface area (Å²) in [6.07, 6.45) is 0.951. The van der Waals surface area contributed by atoms with Gasteiger partial charge in [-0.2, -0.15) is 0 Å². The van der Waals surface area contributed by atoms with Gasteiger partial charge in [-0.1, -0.05) is 77.9 Å². The highest BCUT2D eigenvalue weighted by Crippen LogP contribution is 2.24. The lowest BCUT2D eigenvalue weighted by molar-refractivity contribution is 0.893. The first-order valence-corrected chi connectivity index (χ1v) is 10.5. The number of hydrogen-bond acceptors (Lipinski definition) is 2. The van der Waals surface area contributed by atoms with Crippen molar-refractivity contribution in [3.8, 4) is 16.9 Å². The molecule has 0 bridgehead atoms. The second kappa shape index (κ2) is 8.41. The van der Waals surface area contributed by atoms with Crippen LogP contribution in [0.5, 0.6) is 0 Å². The number of benzene rings is 3. The average molecular weight is 385 g/mol. The van der Waals surface area contributed by atoms with Crippen molar-refractivity contribution in [2.75, 3.05) is 6.54 Å². The third kappa shape index (κ3) is 4.15. The lowest BCUT2D eigenvalue weighted by atomic mass is 10.1. The number of aryl methyl sites for hydroxylation is 2. The van der Waals surface area contributed by atoms with Gasteiger partial charge in [-0.25, -0.2) is 0 Å². The van der Waals surface area contributed by atoms with Crippen LogP contribution in [0.1, 0.15) is 16.7 Å². The molecule has 0 amide bonds. The van der Waals surface area contributed by atoms with Crippen LogP contribution in [0.25, 0.3) is 16.9 Å². The molecule has 1 aromatic heterocycles. The summed E-state index contributed by atoms with van der Waals surface area (Å²) in [5.74, 6) is 0. The number of hydrogen-bond donors (Lipinski definition) is 0. The Hall–Kier alpha value is -2.91. The van der Waals surface area contributed by atoms with Crippen molar-refractivity contribution < 1.29 is 0 Å². The zero-order valence-corrected chi connectivity index (χ0v) is 17.1. The van der Waals surface area contributed by atoms with Crippen LogP contribution >= 0.6 is 11.3 Å². The van der Waals surface area contributed by atoms with Gasteiger partial charge in [0.25, 0.3) is 0 Å². The Bertz CT molecular complexity index is 1100. The first-order valence-electron chi connectivity index (χ1n) is 9.60. The van der Waals surface area contributed by atoms with Crippen molar-refractivity contribution in [1.82, 2.24) is 4.57 Å². The van der Waals surface area contributed by atoms with Crippen LogP contribution in [-0.2, 0) is 6.42 Å². The van der Waals surface area contributed by atoms with Crippen molar-refractivity contribution in [3.05, 3.63) is 106 Å². The zero-order chi connectivity index (χ0) is 19.3. The number of rotatable bonds is 5. The zero-order valence-electron chi connectivity index (χ0n) is 16.3. The Morgan fingerprint density at radius 1 is 0.786 bits per heavy atom. The molecule has 0 saturated heterocycles. The highest BCUT2D eigenvalue weighted by Gasteiger charge is 2.10. The normalized spacial score (nSPS) is 11.7. The topological polar surface area (TPSA) is 17.3 Å². The van der Waals surface area contributed by atoms with Gasteiger partial charge in [0.05, 0.1) is 5.69 Å². The van der Waals surface area contributed by atoms with Gasteiger partial charge in [0, 0.05) is 17.6 Å². The Morgan fingerprint density at radius 3 is 2.11 bits per heavy atom. The van der Waals surface area contributed by atoms with E-state index in [0.29, 0.717) is 0 Å². The number of aromatic nitrogens is 1. The van der Waals surface area contributed by atoms with E-state index in [1.807, 2.05) is 0 Å². The second-order valence-electron chi connectivity index (χ2n) is 7.06. The van der Waals surface area contributed by atoms with Gasteiger partial charge in [-0.05, 0) is 43.5 Å². The van der Waals surface area contributed by atoms with E-state index >= 15 is 0 Å². The van der Waals surface area contributed by atoms with Crippen LogP contribution < -0.4 is 4.80 Å². The molecule has 2 nitrogen and oxygen atoms in total. The third-order valence-corrected chi connectivity index (χ3v) is 5.70. The molecule has 0 aliphatic carbocycles.